The minimum absolute atomic E-state index is 0. The van der Waals surface area contributed by atoms with Crippen molar-refractivity contribution in [2.75, 3.05) is 6.61 Å². The normalized spacial score (nSPS) is 10.9. The molecule has 0 heterocycles. The second kappa shape index (κ2) is 11.8. The molecule has 0 amide bonds. The molecular weight excluding hydrogens is 358 g/mol. The van der Waals surface area contributed by atoms with Crippen molar-refractivity contribution in [3.05, 3.63) is 57.6 Å². The van der Waals surface area contributed by atoms with Gasteiger partial charge in [0.15, 0.2) is 5.52 Å². The van der Waals surface area contributed by atoms with Gasteiger partial charge in [0.05, 0.1) is 6.61 Å². The molecular formula is C24H34LiO2P. The maximum absolute atomic E-state index is 13.0. The van der Waals surface area contributed by atoms with Gasteiger partial charge < -0.3 is 4.74 Å². The van der Waals surface area contributed by atoms with Gasteiger partial charge >= 0.3 is 18.9 Å². The zero-order valence-electron chi connectivity index (χ0n) is 17.7. The maximum atomic E-state index is 13.0. The van der Waals surface area contributed by atoms with Crippen molar-refractivity contribution in [1.29, 1.82) is 0 Å². The average Bonchev–Trinajstić information content (AvgIpc) is 2.62. The SMILES string of the molecule is CCCCCCOc1ccc(PC(=O)c2c(C)cc(C)c(C)c2C)c(C)c1.[LiH]. The van der Waals surface area contributed by atoms with Crippen molar-refractivity contribution in [2.45, 2.75) is 67.2 Å². The number of hydrogen-bond donors (Lipinski definition) is 0. The van der Waals surface area contributed by atoms with Gasteiger partial charge in [0.1, 0.15) is 5.75 Å². The van der Waals surface area contributed by atoms with Crippen molar-refractivity contribution >= 4 is 38.3 Å². The van der Waals surface area contributed by atoms with E-state index in [1.807, 2.05) is 13.0 Å². The van der Waals surface area contributed by atoms with Crippen LogP contribution in [0.3, 0.4) is 0 Å². The summed E-state index contributed by atoms with van der Waals surface area (Å²) < 4.78 is 5.86. The fourth-order valence-electron chi connectivity index (χ4n) is 3.40. The molecule has 0 aliphatic rings. The second-order valence-electron chi connectivity index (χ2n) is 7.48. The number of aryl methyl sites for hydroxylation is 3. The molecule has 2 aromatic rings. The predicted octanol–water partition coefficient (Wildman–Crippen LogP) is 5.68. The Morgan fingerprint density at radius 1 is 0.893 bits per heavy atom. The summed E-state index contributed by atoms with van der Waals surface area (Å²) in [6.07, 6.45) is 4.82. The molecule has 28 heavy (non-hydrogen) atoms. The molecule has 2 aromatic carbocycles. The zero-order valence-corrected chi connectivity index (χ0v) is 18.7. The fraction of sp³-hybridized carbons (Fsp3) is 0.458. The van der Waals surface area contributed by atoms with Crippen molar-refractivity contribution in [2.24, 2.45) is 0 Å². The Hall–Kier alpha value is -1.06. The van der Waals surface area contributed by atoms with Crippen LogP contribution in [0.25, 0.3) is 0 Å². The summed E-state index contributed by atoms with van der Waals surface area (Å²) >= 11 is 0. The van der Waals surface area contributed by atoms with E-state index in [-0.39, 0.29) is 33.0 Å². The van der Waals surface area contributed by atoms with Crippen LogP contribution in [0, 0.1) is 34.6 Å². The van der Waals surface area contributed by atoms with Crippen LogP contribution in [-0.4, -0.2) is 31.0 Å². The van der Waals surface area contributed by atoms with Crippen LogP contribution in [0.1, 0.15) is 70.8 Å². The van der Waals surface area contributed by atoms with Gasteiger partial charge in [-0.2, -0.15) is 0 Å². The summed E-state index contributed by atoms with van der Waals surface area (Å²) in [6, 6.07) is 8.25. The van der Waals surface area contributed by atoms with Crippen LogP contribution in [0.5, 0.6) is 5.75 Å². The topological polar surface area (TPSA) is 26.3 Å². The number of unbranched alkanes of at least 4 members (excludes halogenated alkanes) is 3. The summed E-state index contributed by atoms with van der Waals surface area (Å²) in [7, 11) is 0.145. The monoisotopic (exact) mass is 392 g/mol. The number of benzene rings is 2. The number of rotatable bonds is 9. The first-order valence-corrected chi connectivity index (χ1v) is 11.0. The fourth-order valence-corrected chi connectivity index (χ4v) is 4.59. The minimum atomic E-state index is 0. The van der Waals surface area contributed by atoms with E-state index in [4.69, 9.17) is 4.74 Å². The van der Waals surface area contributed by atoms with Gasteiger partial charge in [-0.1, -0.05) is 38.3 Å². The van der Waals surface area contributed by atoms with E-state index in [0.717, 1.165) is 46.3 Å². The van der Waals surface area contributed by atoms with E-state index in [2.05, 4.69) is 52.8 Å². The van der Waals surface area contributed by atoms with Gasteiger partial charge in [0.25, 0.3) is 0 Å². The number of ether oxygens (including phenoxy) is 1. The first-order chi connectivity index (χ1) is 12.8. The molecule has 148 valence electrons. The first kappa shape index (κ1) is 25.0. The average molecular weight is 392 g/mol. The number of hydrogen-bond acceptors (Lipinski definition) is 2. The summed E-state index contributed by atoms with van der Waals surface area (Å²) in [4.78, 5) is 13.0. The van der Waals surface area contributed by atoms with E-state index in [0.29, 0.717) is 0 Å². The van der Waals surface area contributed by atoms with Crippen molar-refractivity contribution in [3.63, 3.8) is 0 Å². The number of carbonyl (C=O) groups is 1. The van der Waals surface area contributed by atoms with Crippen molar-refractivity contribution in [3.8, 4) is 5.75 Å². The van der Waals surface area contributed by atoms with Crippen LogP contribution in [0.2, 0.25) is 0 Å². The molecule has 0 aliphatic heterocycles. The quantitative estimate of drug-likeness (QED) is 0.312. The molecule has 0 saturated carbocycles. The zero-order chi connectivity index (χ0) is 20.0. The van der Waals surface area contributed by atoms with Gasteiger partial charge in [-0.05, 0) is 94.9 Å². The Labute approximate surface area is 184 Å². The third-order valence-electron chi connectivity index (χ3n) is 5.30. The summed E-state index contributed by atoms with van der Waals surface area (Å²) in [5.74, 6) is 0.906. The van der Waals surface area contributed by atoms with E-state index < -0.39 is 0 Å². The molecule has 0 N–H and O–H groups in total. The molecule has 2 rings (SSSR count). The molecule has 0 radical (unpaired) electrons. The Morgan fingerprint density at radius 2 is 1.61 bits per heavy atom. The molecule has 0 aromatic heterocycles. The first-order valence-electron chi connectivity index (χ1n) is 9.97. The molecule has 0 fully saturated rings. The van der Waals surface area contributed by atoms with E-state index >= 15 is 0 Å². The molecule has 1 unspecified atom stereocenters. The summed E-state index contributed by atoms with van der Waals surface area (Å²) in [5.41, 5.74) is 6.93. The van der Waals surface area contributed by atoms with E-state index in [9.17, 15) is 4.79 Å². The summed E-state index contributed by atoms with van der Waals surface area (Å²) in [6.45, 7) is 13.4. The second-order valence-corrected chi connectivity index (χ2v) is 8.72. The predicted molar refractivity (Wildman–Crippen MR) is 126 cm³/mol. The van der Waals surface area contributed by atoms with E-state index in [1.54, 1.807) is 0 Å². The van der Waals surface area contributed by atoms with Gasteiger partial charge in [-0.3, -0.25) is 4.79 Å². The molecule has 2 nitrogen and oxygen atoms in total. The molecule has 0 aliphatic carbocycles. The molecule has 0 bridgehead atoms. The molecule has 0 saturated heterocycles. The Balaban J connectivity index is 0.00000392. The Kier molecular flexibility index (Phi) is 10.5. The standard InChI is InChI=1S/C24H33O2P.Li.H/c1-7-8-9-10-13-26-21-11-12-22(17(3)15-21)27-24(25)23-18(4)14-16(2)19(5)20(23)6;;/h11-12,14-15,27H,7-10,13H2,1-6H3;;. The molecule has 1 atom stereocenters. The third kappa shape index (κ3) is 6.49. The number of carbonyl (C=O) groups excluding carboxylic acids is 1. The van der Waals surface area contributed by atoms with Gasteiger partial charge in [0, 0.05) is 5.56 Å². The molecule has 4 heteroatoms. The Bertz CT molecular complexity index is 815. The molecule has 0 spiro atoms. The van der Waals surface area contributed by atoms with Crippen LogP contribution in [-0.2, 0) is 0 Å². The van der Waals surface area contributed by atoms with Crippen LogP contribution in [0.15, 0.2) is 24.3 Å². The van der Waals surface area contributed by atoms with Crippen molar-refractivity contribution in [1.82, 2.24) is 0 Å². The van der Waals surface area contributed by atoms with Gasteiger partial charge in [-0.15, -0.1) is 0 Å². The summed E-state index contributed by atoms with van der Waals surface area (Å²) in [5, 5.41) is 1.11. The van der Waals surface area contributed by atoms with E-state index in [1.165, 1.54) is 30.4 Å². The third-order valence-corrected chi connectivity index (χ3v) is 6.60. The van der Waals surface area contributed by atoms with Gasteiger partial charge in [-0.25, -0.2) is 0 Å². The van der Waals surface area contributed by atoms with Crippen LogP contribution >= 0.6 is 8.58 Å². The van der Waals surface area contributed by atoms with Crippen LogP contribution < -0.4 is 10.0 Å². The van der Waals surface area contributed by atoms with Crippen molar-refractivity contribution < 1.29 is 9.53 Å². The Morgan fingerprint density at radius 3 is 2.25 bits per heavy atom. The van der Waals surface area contributed by atoms with Crippen LogP contribution in [0.4, 0.5) is 0 Å². The van der Waals surface area contributed by atoms with Gasteiger partial charge in [0.2, 0.25) is 0 Å².